The first-order valence-corrected chi connectivity index (χ1v) is 5.60. The van der Waals surface area contributed by atoms with Crippen LogP contribution in [0.25, 0.3) is 0 Å². The molecule has 1 aromatic rings. The van der Waals surface area contributed by atoms with E-state index >= 15 is 0 Å². The third-order valence-corrected chi connectivity index (χ3v) is 3.56. The lowest BCUT2D eigenvalue weighted by Gasteiger charge is -2.20. The summed E-state index contributed by atoms with van der Waals surface area (Å²) in [4.78, 5) is 23.2. The lowest BCUT2D eigenvalue weighted by molar-refractivity contribution is -0.138. The summed E-state index contributed by atoms with van der Waals surface area (Å²) in [5, 5.41) is -0.690. The second kappa shape index (κ2) is 4.06. The predicted octanol–water partition coefficient (Wildman–Crippen LogP) is 1.66. The van der Waals surface area contributed by atoms with Gasteiger partial charge in [-0.3, -0.25) is 9.59 Å². The highest BCUT2D eigenvalue weighted by Gasteiger charge is 2.33. The number of thioether (sulfide) groups is 1. The molecule has 15 heavy (non-hydrogen) atoms. The highest BCUT2D eigenvalue weighted by molar-refractivity contribution is 8.00. The van der Waals surface area contributed by atoms with Gasteiger partial charge in [-0.25, -0.2) is 0 Å². The molecular formula is C11H10O3S. The van der Waals surface area contributed by atoms with E-state index in [9.17, 15) is 9.59 Å². The summed E-state index contributed by atoms with van der Waals surface area (Å²) in [5.41, 5.74) is 1.64. The summed E-state index contributed by atoms with van der Waals surface area (Å²) in [6.45, 7) is 0. The Bertz CT molecular complexity index is 414. The Kier molecular flexibility index (Phi) is 2.77. The lowest BCUT2D eigenvalue weighted by Crippen LogP contribution is -2.31. The highest BCUT2D eigenvalue weighted by Crippen LogP contribution is 2.30. The molecule has 78 valence electrons. The van der Waals surface area contributed by atoms with Gasteiger partial charge in [-0.2, -0.15) is 0 Å². The van der Waals surface area contributed by atoms with Crippen molar-refractivity contribution in [1.82, 2.24) is 0 Å². The van der Waals surface area contributed by atoms with Crippen LogP contribution in [0.4, 0.5) is 0 Å². The number of carbonyl (C=O) groups excluding carboxylic acids is 2. The van der Waals surface area contributed by atoms with Crippen molar-refractivity contribution in [3.63, 3.8) is 0 Å². The van der Waals surface area contributed by atoms with E-state index in [4.69, 9.17) is 0 Å². The van der Waals surface area contributed by atoms with Crippen molar-refractivity contribution in [2.45, 2.75) is 11.0 Å². The van der Waals surface area contributed by atoms with Crippen molar-refractivity contribution < 1.29 is 14.3 Å². The molecule has 0 spiro atoms. The second-order valence-electron chi connectivity index (χ2n) is 3.24. The Morgan fingerprint density at radius 3 is 2.93 bits per heavy atom. The van der Waals surface area contributed by atoms with E-state index in [1.165, 1.54) is 18.9 Å². The van der Waals surface area contributed by atoms with E-state index in [2.05, 4.69) is 4.74 Å². The molecule has 3 nitrogen and oxygen atoms in total. The van der Waals surface area contributed by atoms with Gasteiger partial charge in [0.05, 0.1) is 7.11 Å². The molecule has 1 aliphatic heterocycles. The molecule has 0 saturated heterocycles. The first kappa shape index (κ1) is 10.2. The monoisotopic (exact) mass is 222 g/mol. The SMILES string of the molecule is COC(=O)[C@@H]1SCc2ccccc2C1=O. The zero-order chi connectivity index (χ0) is 10.8. The maximum atomic E-state index is 11.9. The number of hydrogen-bond donors (Lipinski definition) is 0. The van der Waals surface area contributed by atoms with E-state index in [0.717, 1.165) is 5.56 Å². The minimum absolute atomic E-state index is 0.145. The molecule has 4 heteroatoms. The number of ketones is 1. The van der Waals surface area contributed by atoms with Crippen molar-refractivity contribution in [1.29, 1.82) is 0 Å². The molecule has 0 bridgehead atoms. The molecular weight excluding hydrogens is 212 g/mol. The van der Waals surface area contributed by atoms with Crippen LogP contribution in [0.5, 0.6) is 0 Å². The zero-order valence-corrected chi connectivity index (χ0v) is 9.04. The van der Waals surface area contributed by atoms with Crippen LogP contribution in [0, 0.1) is 0 Å². The maximum Gasteiger partial charge on any atom is 0.326 e. The Morgan fingerprint density at radius 2 is 2.20 bits per heavy atom. The van der Waals surface area contributed by atoms with Gasteiger partial charge in [-0.15, -0.1) is 11.8 Å². The fraction of sp³-hybridized carbons (Fsp3) is 0.273. The average molecular weight is 222 g/mol. The van der Waals surface area contributed by atoms with Crippen molar-refractivity contribution in [2.75, 3.05) is 7.11 Å². The van der Waals surface area contributed by atoms with Gasteiger partial charge in [0.15, 0.2) is 11.0 Å². The van der Waals surface area contributed by atoms with Gasteiger partial charge >= 0.3 is 5.97 Å². The molecule has 0 N–H and O–H groups in total. The first-order valence-electron chi connectivity index (χ1n) is 4.55. The Hall–Kier alpha value is -1.29. The van der Waals surface area contributed by atoms with Gasteiger partial charge in [0, 0.05) is 11.3 Å². The van der Waals surface area contributed by atoms with E-state index in [-0.39, 0.29) is 5.78 Å². The van der Waals surface area contributed by atoms with E-state index in [1.807, 2.05) is 12.1 Å². The predicted molar refractivity (Wildman–Crippen MR) is 57.9 cm³/mol. The molecule has 1 atom stereocenters. The van der Waals surface area contributed by atoms with Gasteiger partial charge in [-0.1, -0.05) is 24.3 Å². The standard InChI is InChI=1S/C11H10O3S/c1-14-11(13)10-9(12)8-5-3-2-4-7(8)6-15-10/h2-5,10H,6H2,1H3/t10-/m1/s1. The van der Waals surface area contributed by atoms with Gasteiger partial charge in [0.1, 0.15) is 0 Å². The molecule has 1 aromatic carbocycles. The Morgan fingerprint density at radius 1 is 1.47 bits per heavy atom. The van der Waals surface area contributed by atoms with Gasteiger partial charge in [-0.05, 0) is 5.56 Å². The third kappa shape index (κ3) is 1.77. The summed E-state index contributed by atoms with van der Waals surface area (Å²) in [5.74, 6) is 0.0787. The topological polar surface area (TPSA) is 43.4 Å². The summed E-state index contributed by atoms with van der Waals surface area (Å²) >= 11 is 1.32. The van der Waals surface area contributed by atoms with Crippen LogP contribution in [0.3, 0.4) is 0 Å². The fourth-order valence-electron chi connectivity index (χ4n) is 1.56. The largest absolute Gasteiger partial charge is 0.468 e. The molecule has 0 amide bonds. The molecule has 1 heterocycles. The van der Waals surface area contributed by atoms with Crippen LogP contribution >= 0.6 is 11.8 Å². The van der Waals surface area contributed by atoms with E-state index in [0.29, 0.717) is 11.3 Å². The average Bonchev–Trinajstić information content (AvgIpc) is 2.29. The number of benzene rings is 1. The minimum atomic E-state index is -0.690. The van der Waals surface area contributed by atoms with Crippen LogP contribution in [0.15, 0.2) is 24.3 Å². The number of methoxy groups -OCH3 is 1. The normalized spacial score (nSPS) is 19.5. The van der Waals surface area contributed by atoms with Crippen LogP contribution in [0.1, 0.15) is 15.9 Å². The smallest absolute Gasteiger partial charge is 0.326 e. The third-order valence-electron chi connectivity index (χ3n) is 2.34. The van der Waals surface area contributed by atoms with Crippen molar-refractivity contribution in [3.05, 3.63) is 35.4 Å². The second-order valence-corrected chi connectivity index (χ2v) is 4.33. The molecule has 0 unspecified atom stereocenters. The molecule has 0 fully saturated rings. The minimum Gasteiger partial charge on any atom is -0.468 e. The number of carbonyl (C=O) groups is 2. The number of esters is 1. The summed E-state index contributed by atoms with van der Waals surface area (Å²) in [6.07, 6.45) is 0. The van der Waals surface area contributed by atoms with Gasteiger partial charge in [0.25, 0.3) is 0 Å². The van der Waals surface area contributed by atoms with E-state index < -0.39 is 11.2 Å². The quantitative estimate of drug-likeness (QED) is 0.535. The zero-order valence-electron chi connectivity index (χ0n) is 8.23. The van der Waals surface area contributed by atoms with Crippen molar-refractivity contribution >= 4 is 23.5 Å². The van der Waals surface area contributed by atoms with E-state index in [1.54, 1.807) is 12.1 Å². The fourth-order valence-corrected chi connectivity index (χ4v) is 2.67. The lowest BCUT2D eigenvalue weighted by atomic mass is 10.0. The Balaban J connectivity index is 2.34. The summed E-state index contributed by atoms with van der Waals surface area (Å²) in [7, 11) is 1.30. The summed E-state index contributed by atoms with van der Waals surface area (Å²) in [6, 6.07) is 7.37. The van der Waals surface area contributed by atoms with Crippen LogP contribution < -0.4 is 0 Å². The van der Waals surface area contributed by atoms with Crippen LogP contribution in [-0.4, -0.2) is 24.1 Å². The molecule has 2 rings (SSSR count). The molecule has 1 aliphatic rings. The number of ether oxygens (including phenoxy) is 1. The number of fused-ring (bicyclic) bond motifs is 1. The molecule has 0 aromatic heterocycles. The van der Waals surface area contributed by atoms with Gasteiger partial charge < -0.3 is 4.74 Å². The first-order chi connectivity index (χ1) is 7.24. The van der Waals surface area contributed by atoms with Crippen molar-refractivity contribution in [3.8, 4) is 0 Å². The van der Waals surface area contributed by atoms with Crippen molar-refractivity contribution in [2.24, 2.45) is 0 Å². The number of Topliss-reactive ketones (excluding diaryl/α,β-unsaturated/α-hetero) is 1. The Labute approximate surface area is 91.8 Å². The van der Waals surface area contributed by atoms with Crippen LogP contribution in [0.2, 0.25) is 0 Å². The highest BCUT2D eigenvalue weighted by atomic mass is 32.2. The maximum absolute atomic E-state index is 11.9. The molecule has 0 radical (unpaired) electrons. The molecule has 0 saturated carbocycles. The van der Waals surface area contributed by atoms with Crippen LogP contribution in [-0.2, 0) is 15.3 Å². The van der Waals surface area contributed by atoms with Gasteiger partial charge in [0.2, 0.25) is 0 Å². The number of hydrogen-bond acceptors (Lipinski definition) is 4. The number of rotatable bonds is 1. The summed E-state index contributed by atoms with van der Waals surface area (Å²) < 4.78 is 4.59. The molecule has 0 aliphatic carbocycles.